The van der Waals surface area contributed by atoms with Gasteiger partial charge in [-0.25, -0.2) is 14.4 Å². The van der Waals surface area contributed by atoms with Gasteiger partial charge in [-0.15, -0.1) is 11.3 Å². The average Bonchev–Trinajstić information content (AvgIpc) is 3.13. The van der Waals surface area contributed by atoms with Crippen molar-refractivity contribution in [1.82, 2.24) is 14.9 Å². The molecule has 30 heavy (non-hydrogen) atoms. The van der Waals surface area contributed by atoms with E-state index in [9.17, 15) is 22.4 Å². The van der Waals surface area contributed by atoms with Crippen LogP contribution in [0.3, 0.4) is 0 Å². The van der Waals surface area contributed by atoms with Crippen LogP contribution in [0.5, 0.6) is 0 Å². The largest absolute Gasteiger partial charge is 0.419 e. The summed E-state index contributed by atoms with van der Waals surface area (Å²) in [5.41, 5.74) is 0.822. The Morgan fingerprint density at radius 1 is 1.23 bits per heavy atom. The summed E-state index contributed by atoms with van der Waals surface area (Å²) in [5.74, 6) is -1.88. The number of nitrogens with one attached hydrogen (secondary N) is 1. The zero-order valence-electron chi connectivity index (χ0n) is 15.5. The second-order valence-electron chi connectivity index (χ2n) is 6.90. The normalized spacial score (nSPS) is 14.4. The maximum atomic E-state index is 13.5. The fraction of sp³-hybridized carbons (Fsp3) is 0.250. The number of aromatic nitrogens is 2. The van der Waals surface area contributed by atoms with Crippen LogP contribution < -0.4 is 5.32 Å². The summed E-state index contributed by atoms with van der Waals surface area (Å²) in [6.07, 6.45) is 0.800. The number of amides is 1. The van der Waals surface area contributed by atoms with Gasteiger partial charge in [-0.05, 0) is 30.2 Å². The Kier molecular flexibility index (Phi) is 5.52. The predicted octanol–water partition coefficient (Wildman–Crippen LogP) is 4.51. The van der Waals surface area contributed by atoms with Crippen molar-refractivity contribution >= 4 is 22.9 Å². The third kappa shape index (κ3) is 4.34. The van der Waals surface area contributed by atoms with Crippen LogP contribution in [0, 0.1) is 5.82 Å². The molecule has 1 aliphatic rings. The number of halogens is 4. The Bertz CT molecular complexity index is 1070. The third-order valence-corrected chi connectivity index (χ3v) is 5.83. The van der Waals surface area contributed by atoms with E-state index in [0.29, 0.717) is 37.2 Å². The van der Waals surface area contributed by atoms with E-state index in [0.717, 1.165) is 28.6 Å². The monoisotopic (exact) mass is 436 g/mol. The van der Waals surface area contributed by atoms with Gasteiger partial charge in [-0.1, -0.05) is 0 Å². The van der Waals surface area contributed by atoms with E-state index in [-0.39, 0.29) is 5.69 Å². The zero-order valence-corrected chi connectivity index (χ0v) is 16.4. The van der Waals surface area contributed by atoms with E-state index in [2.05, 4.69) is 20.2 Å². The first-order valence-corrected chi connectivity index (χ1v) is 9.93. The number of anilines is 1. The minimum Gasteiger partial charge on any atom is -0.322 e. The Morgan fingerprint density at radius 2 is 2.00 bits per heavy atom. The fourth-order valence-corrected chi connectivity index (χ4v) is 4.52. The molecule has 0 bridgehead atoms. The van der Waals surface area contributed by atoms with E-state index in [1.54, 1.807) is 17.8 Å². The van der Waals surface area contributed by atoms with Gasteiger partial charge in [0.2, 0.25) is 0 Å². The molecule has 1 amide bonds. The molecule has 0 unspecified atom stereocenters. The number of thiophene rings is 1. The van der Waals surface area contributed by atoms with Crippen molar-refractivity contribution in [2.45, 2.75) is 25.7 Å². The van der Waals surface area contributed by atoms with E-state index < -0.39 is 23.5 Å². The standard InChI is InChI=1S/C20H16F4N4OS/c21-17-2-1-13(5-16(17)20(22,23)24)27-19(29)15-10-30-18-9-28(4-3-14(15)18)8-12-6-25-11-26-7-12/h1-2,5-7,10-11H,3-4,8-9H2,(H,27,29). The Morgan fingerprint density at radius 3 is 2.73 bits per heavy atom. The number of hydrogen-bond acceptors (Lipinski definition) is 5. The molecule has 3 aromatic rings. The lowest BCUT2D eigenvalue weighted by Crippen LogP contribution is -2.30. The van der Waals surface area contributed by atoms with Crippen molar-refractivity contribution in [3.63, 3.8) is 0 Å². The van der Waals surface area contributed by atoms with Crippen LogP contribution in [0.15, 0.2) is 42.3 Å². The number of carbonyl (C=O) groups excluding carboxylic acids is 1. The van der Waals surface area contributed by atoms with Crippen LogP contribution >= 0.6 is 11.3 Å². The topological polar surface area (TPSA) is 58.1 Å². The summed E-state index contributed by atoms with van der Waals surface area (Å²) < 4.78 is 52.1. The minimum atomic E-state index is -4.83. The van der Waals surface area contributed by atoms with Crippen molar-refractivity contribution in [1.29, 1.82) is 0 Å². The molecule has 1 aliphatic heterocycles. The predicted molar refractivity (Wildman–Crippen MR) is 104 cm³/mol. The molecule has 0 saturated carbocycles. The summed E-state index contributed by atoms with van der Waals surface area (Å²) in [7, 11) is 0. The maximum absolute atomic E-state index is 13.5. The highest BCUT2D eigenvalue weighted by molar-refractivity contribution is 7.10. The Labute approximate surface area is 173 Å². The van der Waals surface area contributed by atoms with Gasteiger partial charge in [0.1, 0.15) is 12.1 Å². The second kappa shape index (κ2) is 8.11. The van der Waals surface area contributed by atoms with Gasteiger partial charge >= 0.3 is 6.18 Å². The van der Waals surface area contributed by atoms with Crippen LogP contribution in [0.2, 0.25) is 0 Å². The highest BCUT2D eigenvalue weighted by Crippen LogP contribution is 2.34. The maximum Gasteiger partial charge on any atom is 0.419 e. The molecule has 5 nitrogen and oxygen atoms in total. The number of carbonyl (C=O) groups is 1. The smallest absolute Gasteiger partial charge is 0.322 e. The lowest BCUT2D eigenvalue weighted by molar-refractivity contribution is -0.139. The molecule has 0 aliphatic carbocycles. The molecule has 4 rings (SSSR count). The molecule has 10 heteroatoms. The zero-order chi connectivity index (χ0) is 21.3. The summed E-state index contributed by atoms with van der Waals surface area (Å²) in [5, 5.41) is 4.17. The summed E-state index contributed by atoms with van der Waals surface area (Å²) >= 11 is 1.44. The van der Waals surface area contributed by atoms with E-state index >= 15 is 0 Å². The number of nitrogens with zero attached hydrogens (tertiary/aromatic N) is 3. The lowest BCUT2D eigenvalue weighted by Gasteiger charge is -2.27. The summed E-state index contributed by atoms with van der Waals surface area (Å²) in [6, 6.07) is 2.42. The summed E-state index contributed by atoms with van der Waals surface area (Å²) in [6.45, 7) is 2.08. The van der Waals surface area contributed by atoms with Crippen LogP contribution in [0.4, 0.5) is 23.2 Å². The highest BCUT2D eigenvalue weighted by Gasteiger charge is 2.34. The molecule has 0 fully saturated rings. The molecule has 0 radical (unpaired) electrons. The SMILES string of the molecule is O=C(Nc1ccc(F)c(C(F)(F)F)c1)c1csc2c1CCN(Cc1cncnc1)C2. The van der Waals surface area contributed by atoms with Crippen molar-refractivity contribution in [3.05, 3.63) is 75.2 Å². The van der Waals surface area contributed by atoms with E-state index in [1.807, 2.05) is 0 Å². The first-order valence-electron chi connectivity index (χ1n) is 9.05. The molecule has 3 heterocycles. The van der Waals surface area contributed by atoms with Crippen molar-refractivity contribution < 1.29 is 22.4 Å². The van der Waals surface area contributed by atoms with Crippen molar-refractivity contribution in [2.24, 2.45) is 0 Å². The van der Waals surface area contributed by atoms with Crippen molar-refractivity contribution in [2.75, 3.05) is 11.9 Å². The Balaban J connectivity index is 1.47. The van der Waals surface area contributed by atoms with Crippen molar-refractivity contribution in [3.8, 4) is 0 Å². The molecule has 1 aromatic carbocycles. The first kappa shape index (κ1) is 20.4. The molecule has 0 spiro atoms. The molecule has 1 N–H and O–H groups in total. The molecule has 0 saturated heterocycles. The number of alkyl halides is 3. The molecule has 2 aromatic heterocycles. The van der Waals surface area contributed by atoms with Gasteiger partial charge in [-0.2, -0.15) is 13.2 Å². The molecule has 156 valence electrons. The molecule has 0 atom stereocenters. The third-order valence-electron chi connectivity index (χ3n) is 4.82. The number of fused-ring (bicyclic) bond motifs is 1. The number of hydrogen-bond donors (Lipinski definition) is 1. The summed E-state index contributed by atoms with van der Waals surface area (Å²) in [4.78, 5) is 23.9. The molecular formula is C20H16F4N4OS. The second-order valence-corrected chi connectivity index (χ2v) is 7.87. The van der Waals surface area contributed by atoms with Gasteiger partial charge in [0.25, 0.3) is 5.91 Å². The quantitative estimate of drug-likeness (QED) is 0.612. The number of benzene rings is 1. The first-order chi connectivity index (χ1) is 14.3. The van der Waals surface area contributed by atoms with E-state index in [4.69, 9.17) is 0 Å². The van der Waals surface area contributed by atoms with Gasteiger partial charge in [0, 0.05) is 53.5 Å². The van der Waals surface area contributed by atoms with Gasteiger partial charge in [0.15, 0.2) is 0 Å². The number of rotatable bonds is 4. The van der Waals surface area contributed by atoms with Gasteiger partial charge in [-0.3, -0.25) is 9.69 Å². The van der Waals surface area contributed by atoms with Crippen LogP contribution in [-0.2, 0) is 25.7 Å². The minimum absolute atomic E-state index is 0.102. The Hall–Kier alpha value is -2.85. The van der Waals surface area contributed by atoms with Crippen LogP contribution in [0.25, 0.3) is 0 Å². The molecular weight excluding hydrogens is 420 g/mol. The van der Waals surface area contributed by atoms with Gasteiger partial charge in [0.05, 0.1) is 11.1 Å². The lowest BCUT2D eigenvalue weighted by atomic mass is 10.0. The average molecular weight is 436 g/mol. The van der Waals surface area contributed by atoms with Crippen LogP contribution in [0.1, 0.15) is 31.9 Å². The fourth-order valence-electron chi connectivity index (χ4n) is 3.40. The van der Waals surface area contributed by atoms with Gasteiger partial charge < -0.3 is 5.32 Å². The highest BCUT2D eigenvalue weighted by atomic mass is 32.1. The van der Waals surface area contributed by atoms with Crippen LogP contribution in [-0.4, -0.2) is 27.3 Å². The van der Waals surface area contributed by atoms with E-state index in [1.165, 1.54) is 17.7 Å².